The third-order valence-electron chi connectivity index (χ3n) is 4.14. The predicted octanol–water partition coefficient (Wildman–Crippen LogP) is 1.91. The quantitative estimate of drug-likeness (QED) is 0.324. The summed E-state index contributed by atoms with van der Waals surface area (Å²) in [5.74, 6) is 0.250. The molecule has 144 valence electrons. The van der Waals surface area contributed by atoms with Crippen LogP contribution in [-0.4, -0.2) is 39.6 Å². The smallest absolute Gasteiger partial charge is 0.267 e. The lowest BCUT2D eigenvalue weighted by Gasteiger charge is -2.22. The van der Waals surface area contributed by atoms with Crippen LogP contribution in [-0.2, 0) is 9.59 Å². The summed E-state index contributed by atoms with van der Waals surface area (Å²) in [5.41, 5.74) is 1.99. The second kappa shape index (κ2) is 11.4. The van der Waals surface area contributed by atoms with Gasteiger partial charge in [0.1, 0.15) is 5.82 Å². The zero-order chi connectivity index (χ0) is 18.1. The van der Waals surface area contributed by atoms with E-state index in [4.69, 9.17) is 5.21 Å². The summed E-state index contributed by atoms with van der Waals surface area (Å²) in [6, 6.07) is 0.0170. The van der Waals surface area contributed by atoms with Crippen LogP contribution in [0.5, 0.6) is 0 Å². The zero-order valence-electron chi connectivity index (χ0n) is 14.8. The van der Waals surface area contributed by atoms with E-state index >= 15 is 0 Å². The molecule has 0 bridgehead atoms. The van der Waals surface area contributed by atoms with Crippen LogP contribution in [0.3, 0.4) is 0 Å². The fraction of sp³-hybridized carbons (Fsp3) is 0.529. The fourth-order valence-electron chi connectivity index (χ4n) is 2.76. The molecular weight excluding hydrogens is 358 g/mol. The van der Waals surface area contributed by atoms with Gasteiger partial charge in [-0.3, -0.25) is 19.8 Å². The highest BCUT2D eigenvalue weighted by molar-refractivity contribution is 5.90. The molecule has 1 aromatic rings. The van der Waals surface area contributed by atoms with Crippen LogP contribution in [0.2, 0.25) is 0 Å². The Hall–Kier alpha value is -2.19. The largest absolute Gasteiger partial charge is 0.365 e. The van der Waals surface area contributed by atoms with Gasteiger partial charge >= 0.3 is 0 Å². The van der Waals surface area contributed by atoms with Crippen LogP contribution in [0.4, 0.5) is 5.82 Å². The molecule has 0 aromatic carbocycles. The van der Waals surface area contributed by atoms with E-state index in [0.29, 0.717) is 18.1 Å². The van der Waals surface area contributed by atoms with Crippen LogP contribution in [0.15, 0.2) is 18.5 Å². The molecule has 0 spiro atoms. The number of anilines is 1. The molecule has 2 rings (SSSR count). The minimum absolute atomic E-state index is 0. The topological polar surface area (TPSA) is 116 Å². The zero-order valence-corrected chi connectivity index (χ0v) is 15.6. The molecule has 8 nitrogen and oxygen atoms in total. The Morgan fingerprint density at radius 3 is 2.62 bits per heavy atom. The maximum Gasteiger partial charge on any atom is 0.267 e. The summed E-state index contributed by atoms with van der Waals surface area (Å²) >= 11 is 0. The number of rotatable bonds is 7. The van der Waals surface area contributed by atoms with E-state index in [1.165, 1.54) is 24.2 Å². The standard InChI is InChI=1S/C17H25N5O3.ClH/c1-12(9-20-17(24)13-5-3-2-4-6-13)21-15-11-18-14(10-19-15)7-8-16(23)22-25;/h7-8,10-13,25H,2-6,9H2,1H3,(H,19,21)(H,20,24)(H,22,23);1H/b8-7+;/t12-;/m1./s1. The molecule has 0 radical (unpaired) electrons. The first-order valence-corrected chi connectivity index (χ1v) is 8.57. The van der Waals surface area contributed by atoms with Crippen molar-refractivity contribution in [2.45, 2.75) is 45.1 Å². The Bertz CT molecular complexity index is 603. The normalized spacial score (nSPS) is 15.8. The van der Waals surface area contributed by atoms with E-state index in [9.17, 15) is 9.59 Å². The predicted molar refractivity (Wildman–Crippen MR) is 101 cm³/mol. The molecule has 9 heteroatoms. The van der Waals surface area contributed by atoms with Crippen LogP contribution < -0.4 is 16.1 Å². The van der Waals surface area contributed by atoms with Crippen molar-refractivity contribution in [2.24, 2.45) is 5.92 Å². The molecule has 1 heterocycles. The number of nitrogens with one attached hydrogen (secondary N) is 3. The number of hydrogen-bond donors (Lipinski definition) is 4. The van der Waals surface area contributed by atoms with E-state index in [-0.39, 0.29) is 30.3 Å². The van der Waals surface area contributed by atoms with Gasteiger partial charge in [0.2, 0.25) is 5.91 Å². The van der Waals surface area contributed by atoms with Crippen molar-refractivity contribution in [3.63, 3.8) is 0 Å². The Kier molecular flexibility index (Phi) is 9.61. The van der Waals surface area contributed by atoms with E-state index < -0.39 is 5.91 Å². The molecule has 1 aliphatic rings. The highest BCUT2D eigenvalue weighted by Gasteiger charge is 2.21. The second-order valence-corrected chi connectivity index (χ2v) is 6.26. The highest BCUT2D eigenvalue weighted by Crippen LogP contribution is 2.23. The van der Waals surface area contributed by atoms with Crippen LogP contribution in [0.1, 0.15) is 44.7 Å². The summed E-state index contributed by atoms with van der Waals surface area (Å²) < 4.78 is 0. The average molecular weight is 384 g/mol. The molecule has 1 fully saturated rings. The first-order valence-electron chi connectivity index (χ1n) is 8.57. The van der Waals surface area contributed by atoms with Gasteiger partial charge in [-0.15, -0.1) is 12.4 Å². The van der Waals surface area contributed by atoms with Crippen molar-refractivity contribution >= 4 is 36.1 Å². The first-order chi connectivity index (χ1) is 12.1. The van der Waals surface area contributed by atoms with Gasteiger partial charge in [-0.25, -0.2) is 10.5 Å². The Morgan fingerprint density at radius 2 is 2.00 bits per heavy atom. The Morgan fingerprint density at radius 1 is 1.27 bits per heavy atom. The second-order valence-electron chi connectivity index (χ2n) is 6.26. The van der Waals surface area contributed by atoms with E-state index in [1.54, 1.807) is 6.20 Å². The molecule has 4 N–H and O–H groups in total. The lowest BCUT2D eigenvalue weighted by Crippen LogP contribution is -2.38. The van der Waals surface area contributed by atoms with Crippen LogP contribution in [0.25, 0.3) is 6.08 Å². The summed E-state index contributed by atoms with van der Waals surface area (Å²) in [6.45, 7) is 2.48. The molecule has 0 saturated heterocycles. The Labute approximate surface area is 159 Å². The minimum atomic E-state index is -0.633. The van der Waals surface area contributed by atoms with Crippen molar-refractivity contribution in [2.75, 3.05) is 11.9 Å². The summed E-state index contributed by atoms with van der Waals surface area (Å²) in [6.07, 6.45) is 11.1. The Balaban J connectivity index is 0.00000338. The monoisotopic (exact) mass is 383 g/mol. The van der Waals surface area contributed by atoms with Crippen molar-refractivity contribution in [3.8, 4) is 0 Å². The molecule has 1 saturated carbocycles. The van der Waals surface area contributed by atoms with E-state index in [1.807, 2.05) is 6.92 Å². The summed E-state index contributed by atoms with van der Waals surface area (Å²) in [4.78, 5) is 31.4. The van der Waals surface area contributed by atoms with Crippen LogP contribution in [0, 0.1) is 5.92 Å². The number of aromatic nitrogens is 2. The van der Waals surface area contributed by atoms with Crippen molar-refractivity contribution < 1.29 is 14.8 Å². The van der Waals surface area contributed by atoms with E-state index in [0.717, 1.165) is 31.8 Å². The lowest BCUT2D eigenvalue weighted by atomic mass is 9.88. The number of amides is 2. The van der Waals surface area contributed by atoms with Gasteiger partial charge in [0, 0.05) is 24.6 Å². The third kappa shape index (κ3) is 7.37. The number of hydroxylamine groups is 1. The van der Waals surface area contributed by atoms with Gasteiger partial charge in [0.05, 0.1) is 18.1 Å². The number of carbonyl (C=O) groups excluding carboxylic acids is 2. The molecule has 0 aliphatic heterocycles. The summed E-state index contributed by atoms with van der Waals surface area (Å²) in [7, 11) is 0. The molecule has 1 atom stereocenters. The highest BCUT2D eigenvalue weighted by atomic mass is 35.5. The molecule has 26 heavy (non-hydrogen) atoms. The maximum atomic E-state index is 12.1. The van der Waals surface area contributed by atoms with Gasteiger partial charge in [-0.2, -0.15) is 0 Å². The number of halogens is 1. The molecular formula is C17H26ClN5O3. The number of nitrogens with zero attached hydrogens (tertiary/aromatic N) is 2. The lowest BCUT2D eigenvalue weighted by molar-refractivity contribution is -0.126. The number of hydrogen-bond acceptors (Lipinski definition) is 6. The third-order valence-corrected chi connectivity index (χ3v) is 4.14. The van der Waals surface area contributed by atoms with Gasteiger partial charge < -0.3 is 10.6 Å². The van der Waals surface area contributed by atoms with Crippen molar-refractivity contribution in [1.82, 2.24) is 20.8 Å². The van der Waals surface area contributed by atoms with Crippen molar-refractivity contribution in [1.29, 1.82) is 0 Å². The molecule has 1 aliphatic carbocycles. The van der Waals surface area contributed by atoms with Gasteiger partial charge in [-0.1, -0.05) is 19.3 Å². The van der Waals surface area contributed by atoms with Crippen LogP contribution >= 0.6 is 12.4 Å². The van der Waals surface area contributed by atoms with Crippen molar-refractivity contribution in [3.05, 3.63) is 24.2 Å². The first kappa shape index (κ1) is 21.9. The fourth-order valence-corrected chi connectivity index (χ4v) is 2.76. The average Bonchev–Trinajstić information content (AvgIpc) is 2.66. The SMILES string of the molecule is C[C@H](CNC(=O)C1CCCCC1)Nc1cnc(/C=C/C(=O)NO)cn1.Cl. The van der Waals surface area contributed by atoms with Gasteiger partial charge in [0.25, 0.3) is 5.91 Å². The molecule has 0 unspecified atom stereocenters. The summed E-state index contributed by atoms with van der Waals surface area (Å²) in [5, 5.41) is 14.6. The molecule has 2 amide bonds. The van der Waals surface area contributed by atoms with E-state index in [2.05, 4.69) is 20.6 Å². The molecule has 1 aromatic heterocycles. The van der Waals surface area contributed by atoms with Gasteiger partial charge in [0.15, 0.2) is 0 Å². The maximum absolute atomic E-state index is 12.1. The minimum Gasteiger partial charge on any atom is -0.365 e. The number of carbonyl (C=O) groups is 2. The van der Waals surface area contributed by atoms with Gasteiger partial charge in [-0.05, 0) is 25.8 Å².